The topological polar surface area (TPSA) is 105 Å². The number of nitrogens with one attached hydrogen (secondary N) is 2. The Bertz CT molecular complexity index is 748. The van der Waals surface area contributed by atoms with Gasteiger partial charge in [0.05, 0.1) is 0 Å². The number of carbonyl (C=O) groups excluding carboxylic acids is 3. The molecule has 0 radical (unpaired) electrons. The van der Waals surface area contributed by atoms with Crippen molar-refractivity contribution >= 4 is 23.4 Å². The van der Waals surface area contributed by atoms with Gasteiger partial charge in [0.1, 0.15) is 6.04 Å². The van der Waals surface area contributed by atoms with E-state index in [2.05, 4.69) is 10.6 Å². The van der Waals surface area contributed by atoms with Crippen LogP contribution < -0.4 is 16.4 Å². The second kappa shape index (κ2) is 6.15. The van der Waals surface area contributed by atoms with E-state index in [1.165, 1.54) is 0 Å². The molecule has 1 saturated carbocycles. The van der Waals surface area contributed by atoms with Crippen LogP contribution in [0.2, 0.25) is 0 Å². The molecule has 2 heterocycles. The molecular formula is C18H22N4O3. The highest BCUT2D eigenvalue weighted by atomic mass is 16.2. The number of anilines is 1. The van der Waals surface area contributed by atoms with Gasteiger partial charge in [-0.05, 0) is 49.4 Å². The lowest BCUT2D eigenvalue weighted by Crippen LogP contribution is -2.52. The SMILES string of the molecule is N[C@H]1CCC[C@@H]1Nc1ccc2c(c1)CN(C1CCC(=O)NC1=O)C2=O. The van der Waals surface area contributed by atoms with Gasteiger partial charge in [0.15, 0.2) is 0 Å². The summed E-state index contributed by atoms with van der Waals surface area (Å²) in [7, 11) is 0. The zero-order valence-electron chi connectivity index (χ0n) is 14.0. The Morgan fingerprint density at radius 2 is 2.00 bits per heavy atom. The minimum Gasteiger partial charge on any atom is -0.381 e. The average Bonchev–Trinajstić information content (AvgIpc) is 3.12. The van der Waals surface area contributed by atoms with E-state index in [0.29, 0.717) is 18.5 Å². The summed E-state index contributed by atoms with van der Waals surface area (Å²) in [5.74, 6) is -0.800. The van der Waals surface area contributed by atoms with Crippen molar-refractivity contribution in [2.45, 2.75) is 56.8 Å². The molecule has 7 nitrogen and oxygen atoms in total. The predicted octanol–water partition coefficient (Wildman–Crippen LogP) is 0.739. The maximum atomic E-state index is 12.7. The number of piperidine rings is 1. The maximum Gasteiger partial charge on any atom is 0.255 e. The van der Waals surface area contributed by atoms with Crippen molar-refractivity contribution < 1.29 is 14.4 Å². The molecule has 0 bridgehead atoms. The number of nitrogens with zero attached hydrogens (tertiary/aromatic N) is 1. The Hall–Kier alpha value is -2.41. The van der Waals surface area contributed by atoms with Crippen LogP contribution in [0.4, 0.5) is 5.69 Å². The van der Waals surface area contributed by atoms with Crippen molar-refractivity contribution in [3.05, 3.63) is 29.3 Å². The molecule has 25 heavy (non-hydrogen) atoms. The van der Waals surface area contributed by atoms with E-state index in [0.717, 1.165) is 30.5 Å². The summed E-state index contributed by atoms with van der Waals surface area (Å²) in [4.78, 5) is 37.6. The predicted molar refractivity (Wildman–Crippen MR) is 91.7 cm³/mol. The van der Waals surface area contributed by atoms with E-state index in [9.17, 15) is 14.4 Å². The van der Waals surface area contributed by atoms with E-state index in [1.54, 1.807) is 4.90 Å². The van der Waals surface area contributed by atoms with E-state index < -0.39 is 6.04 Å². The molecule has 7 heteroatoms. The second-order valence-electron chi connectivity index (χ2n) is 7.12. The summed E-state index contributed by atoms with van der Waals surface area (Å²) in [6.45, 7) is 0.396. The van der Waals surface area contributed by atoms with Crippen molar-refractivity contribution in [1.29, 1.82) is 0 Å². The number of rotatable bonds is 3. The molecule has 1 aromatic rings. The lowest BCUT2D eigenvalue weighted by atomic mass is 10.0. The molecule has 4 rings (SSSR count). The zero-order chi connectivity index (χ0) is 17.6. The second-order valence-corrected chi connectivity index (χ2v) is 7.12. The van der Waals surface area contributed by atoms with Crippen LogP contribution in [0, 0.1) is 0 Å². The summed E-state index contributed by atoms with van der Waals surface area (Å²) in [5.41, 5.74) is 8.61. The molecule has 1 aliphatic carbocycles. The maximum absolute atomic E-state index is 12.7. The van der Waals surface area contributed by atoms with Gasteiger partial charge in [-0.2, -0.15) is 0 Å². The van der Waals surface area contributed by atoms with Crippen LogP contribution in [0.1, 0.15) is 48.0 Å². The first-order valence-electron chi connectivity index (χ1n) is 8.82. The van der Waals surface area contributed by atoms with Crippen LogP contribution in [-0.2, 0) is 16.1 Å². The molecule has 0 aromatic heterocycles. The molecule has 132 valence electrons. The fourth-order valence-corrected chi connectivity index (χ4v) is 4.05. The Kier molecular flexibility index (Phi) is 3.95. The minimum absolute atomic E-state index is 0.145. The number of hydrogen-bond donors (Lipinski definition) is 3. The van der Waals surface area contributed by atoms with Crippen LogP contribution in [-0.4, -0.2) is 40.7 Å². The van der Waals surface area contributed by atoms with Gasteiger partial charge < -0.3 is 16.0 Å². The molecule has 1 saturated heterocycles. The molecule has 4 N–H and O–H groups in total. The van der Waals surface area contributed by atoms with E-state index in [-0.39, 0.29) is 36.2 Å². The first kappa shape index (κ1) is 16.1. The van der Waals surface area contributed by atoms with Crippen LogP contribution in [0.5, 0.6) is 0 Å². The normalized spacial score (nSPS) is 28.9. The largest absolute Gasteiger partial charge is 0.381 e. The lowest BCUT2D eigenvalue weighted by Gasteiger charge is -2.29. The monoisotopic (exact) mass is 342 g/mol. The van der Waals surface area contributed by atoms with Crippen molar-refractivity contribution in [2.24, 2.45) is 5.73 Å². The summed E-state index contributed by atoms with van der Waals surface area (Å²) >= 11 is 0. The summed E-state index contributed by atoms with van der Waals surface area (Å²) in [6, 6.07) is 5.54. The van der Waals surface area contributed by atoms with E-state index in [4.69, 9.17) is 5.73 Å². The lowest BCUT2D eigenvalue weighted by molar-refractivity contribution is -0.136. The van der Waals surface area contributed by atoms with Crippen LogP contribution in [0.15, 0.2) is 18.2 Å². The molecule has 2 aliphatic heterocycles. The number of amides is 3. The number of benzene rings is 1. The van der Waals surface area contributed by atoms with Gasteiger partial charge in [-0.25, -0.2) is 0 Å². The van der Waals surface area contributed by atoms with Gasteiger partial charge in [-0.1, -0.05) is 0 Å². The van der Waals surface area contributed by atoms with E-state index >= 15 is 0 Å². The smallest absolute Gasteiger partial charge is 0.255 e. The van der Waals surface area contributed by atoms with Crippen LogP contribution >= 0.6 is 0 Å². The summed E-state index contributed by atoms with van der Waals surface area (Å²) < 4.78 is 0. The van der Waals surface area contributed by atoms with Crippen LogP contribution in [0.25, 0.3) is 0 Å². The number of hydrogen-bond acceptors (Lipinski definition) is 5. The highest BCUT2D eigenvalue weighted by Gasteiger charge is 2.39. The third-order valence-corrected chi connectivity index (χ3v) is 5.45. The van der Waals surface area contributed by atoms with Gasteiger partial charge in [0.25, 0.3) is 5.91 Å². The number of nitrogens with two attached hydrogens (primary N) is 1. The van der Waals surface area contributed by atoms with Crippen molar-refractivity contribution in [3.8, 4) is 0 Å². The molecular weight excluding hydrogens is 320 g/mol. The Morgan fingerprint density at radius 3 is 2.72 bits per heavy atom. The quantitative estimate of drug-likeness (QED) is 0.703. The van der Waals surface area contributed by atoms with Crippen LogP contribution in [0.3, 0.4) is 0 Å². The molecule has 1 unspecified atom stereocenters. The average molecular weight is 342 g/mol. The molecule has 3 aliphatic rings. The van der Waals surface area contributed by atoms with Gasteiger partial charge in [0.2, 0.25) is 11.8 Å². The highest BCUT2D eigenvalue weighted by Crippen LogP contribution is 2.30. The first-order valence-corrected chi connectivity index (χ1v) is 8.82. The minimum atomic E-state index is -0.572. The van der Waals surface area contributed by atoms with Crippen molar-refractivity contribution in [3.63, 3.8) is 0 Å². The van der Waals surface area contributed by atoms with Crippen molar-refractivity contribution in [2.75, 3.05) is 5.32 Å². The molecule has 1 aromatic carbocycles. The summed E-state index contributed by atoms with van der Waals surface area (Å²) in [5, 5.41) is 5.79. The molecule has 2 fully saturated rings. The van der Waals surface area contributed by atoms with Crippen molar-refractivity contribution in [1.82, 2.24) is 10.2 Å². The van der Waals surface area contributed by atoms with Gasteiger partial charge >= 0.3 is 0 Å². The summed E-state index contributed by atoms with van der Waals surface area (Å²) in [6.07, 6.45) is 3.87. The Labute approximate surface area is 145 Å². The fraction of sp³-hybridized carbons (Fsp3) is 0.500. The molecule has 3 amide bonds. The third kappa shape index (κ3) is 2.89. The van der Waals surface area contributed by atoms with E-state index in [1.807, 2.05) is 18.2 Å². The first-order chi connectivity index (χ1) is 12.0. The fourth-order valence-electron chi connectivity index (χ4n) is 4.05. The molecule has 3 atom stereocenters. The third-order valence-electron chi connectivity index (χ3n) is 5.45. The molecule has 0 spiro atoms. The number of carbonyl (C=O) groups is 3. The van der Waals surface area contributed by atoms with Gasteiger partial charge in [-0.15, -0.1) is 0 Å². The number of fused-ring (bicyclic) bond motifs is 1. The number of imide groups is 1. The Balaban J connectivity index is 1.51. The zero-order valence-corrected chi connectivity index (χ0v) is 14.0. The van der Waals surface area contributed by atoms with Gasteiger partial charge in [0, 0.05) is 36.3 Å². The highest BCUT2D eigenvalue weighted by molar-refractivity contribution is 6.05. The van der Waals surface area contributed by atoms with Gasteiger partial charge in [-0.3, -0.25) is 19.7 Å². The standard InChI is InChI=1S/C18H22N4O3/c19-13-2-1-3-14(13)20-11-4-5-12-10(8-11)9-22(18(12)25)15-6-7-16(23)21-17(15)24/h4-5,8,13-15,20H,1-3,6-7,9,19H2,(H,21,23,24)/t13-,14-,15?/m0/s1. The Morgan fingerprint density at radius 1 is 1.16 bits per heavy atom.